The van der Waals surface area contributed by atoms with E-state index in [-0.39, 0.29) is 17.8 Å². The Morgan fingerprint density at radius 3 is 2.65 bits per heavy atom. The van der Waals surface area contributed by atoms with Crippen molar-refractivity contribution < 1.29 is 13.9 Å². The fourth-order valence-corrected chi connectivity index (χ4v) is 2.87. The third kappa shape index (κ3) is 4.88. The molecule has 5 nitrogen and oxygen atoms in total. The number of ether oxygens (including phenoxy) is 1. The van der Waals surface area contributed by atoms with Gasteiger partial charge in [-0.25, -0.2) is 4.39 Å². The Kier molecular flexibility index (Phi) is 6.77. The minimum Gasteiger partial charge on any atom is -0.380 e. The van der Waals surface area contributed by atoms with Crippen LogP contribution < -0.4 is 5.73 Å². The first-order chi connectivity index (χ1) is 11.0. The summed E-state index contributed by atoms with van der Waals surface area (Å²) in [6.45, 7) is 3.40. The molecule has 0 saturated carbocycles. The lowest BCUT2D eigenvalue weighted by atomic mass is 10.1. The molecule has 1 aromatic carbocycles. The van der Waals surface area contributed by atoms with Crippen LogP contribution in [0, 0.1) is 5.82 Å². The van der Waals surface area contributed by atoms with Crippen LogP contribution in [-0.2, 0) is 16.1 Å². The van der Waals surface area contributed by atoms with Gasteiger partial charge in [0.1, 0.15) is 5.82 Å². The van der Waals surface area contributed by atoms with Crippen molar-refractivity contribution in [2.75, 3.05) is 39.8 Å². The molecular formula is C16H23ClFN3O2. The van der Waals surface area contributed by atoms with E-state index in [1.165, 1.54) is 6.07 Å². The van der Waals surface area contributed by atoms with E-state index in [0.717, 1.165) is 0 Å². The maximum absolute atomic E-state index is 13.8. The second-order valence-corrected chi connectivity index (χ2v) is 6.06. The van der Waals surface area contributed by atoms with Crippen LogP contribution in [-0.4, -0.2) is 61.6 Å². The maximum Gasteiger partial charge on any atom is 0.225 e. The Morgan fingerprint density at radius 2 is 2.09 bits per heavy atom. The van der Waals surface area contributed by atoms with Crippen LogP contribution in [0.2, 0.25) is 5.02 Å². The summed E-state index contributed by atoms with van der Waals surface area (Å²) in [7, 11) is 1.56. The van der Waals surface area contributed by atoms with E-state index in [1.54, 1.807) is 24.1 Å². The normalized spacial score (nSPS) is 17.3. The lowest BCUT2D eigenvalue weighted by molar-refractivity contribution is -0.135. The van der Waals surface area contributed by atoms with E-state index in [9.17, 15) is 9.18 Å². The minimum absolute atomic E-state index is 0.0471. The Hall–Kier alpha value is -1.21. The molecule has 1 atom stereocenters. The van der Waals surface area contributed by atoms with Gasteiger partial charge in [-0.1, -0.05) is 17.7 Å². The highest BCUT2D eigenvalue weighted by atomic mass is 35.5. The van der Waals surface area contributed by atoms with E-state index >= 15 is 0 Å². The zero-order chi connectivity index (χ0) is 16.8. The van der Waals surface area contributed by atoms with Crippen molar-refractivity contribution in [3.05, 3.63) is 34.6 Å². The van der Waals surface area contributed by atoms with Crippen LogP contribution in [0.25, 0.3) is 0 Å². The van der Waals surface area contributed by atoms with E-state index in [4.69, 9.17) is 22.1 Å². The summed E-state index contributed by atoms with van der Waals surface area (Å²) in [5.74, 6) is -0.243. The standard InChI is InChI=1S/C16H23ClFN3O2/c1-23-12(10-19)9-16(22)21-7-5-20(6-8-21)11-13-14(17)3-2-4-15(13)18/h2-4,12H,5-11,19H2,1H3. The average molecular weight is 344 g/mol. The fourth-order valence-electron chi connectivity index (χ4n) is 2.65. The number of benzene rings is 1. The number of hydrogen-bond acceptors (Lipinski definition) is 4. The molecule has 0 aliphatic carbocycles. The van der Waals surface area contributed by atoms with Crippen LogP contribution in [0.15, 0.2) is 18.2 Å². The molecule has 23 heavy (non-hydrogen) atoms. The minimum atomic E-state index is -0.290. The largest absolute Gasteiger partial charge is 0.380 e. The summed E-state index contributed by atoms with van der Waals surface area (Å²) in [5.41, 5.74) is 6.06. The molecule has 1 aliphatic rings. The highest BCUT2D eigenvalue weighted by molar-refractivity contribution is 6.31. The van der Waals surface area contributed by atoms with E-state index in [0.29, 0.717) is 56.3 Å². The molecule has 1 heterocycles. The Bertz CT molecular complexity index is 512. The van der Waals surface area contributed by atoms with Crippen LogP contribution in [0.3, 0.4) is 0 Å². The predicted octanol–water partition coefficient (Wildman–Crippen LogP) is 1.49. The summed E-state index contributed by atoms with van der Waals surface area (Å²) in [6.07, 6.45) is 0.0596. The summed E-state index contributed by atoms with van der Waals surface area (Å²) in [5, 5.41) is 0.439. The second-order valence-electron chi connectivity index (χ2n) is 5.65. The van der Waals surface area contributed by atoms with Gasteiger partial charge in [-0.2, -0.15) is 0 Å². The quantitative estimate of drug-likeness (QED) is 0.850. The number of rotatable bonds is 6. The molecule has 0 aromatic heterocycles. The molecule has 1 aromatic rings. The zero-order valence-corrected chi connectivity index (χ0v) is 14.1. The summed E-state index contributed by atoms with van der Waals surface area (Å²) in [4.78, 5) is 16.1. The van der Waals surface area contributed by atoms with Crippen LogP contribution in [0.1, 0.15) is 12.0 Å². The van der Waals surface area contributed by atoms with Crippen molar-refractivity contribution in [2.24, 2.45) is 5.73 Å². The van der Waals surface area contributed by atoms with Crippen molar-refractivity contribution in [3.8, 4) is 0 Å². The lowest BCUT2D eigenvalue weighted by Crippen LogP contribution is -2.49. The zero-order valence-electron chi connectivity index (χ0n) is 13.3. The van der Waals surface area contributed by atoms with E-state index < -0.39 is 0 Å². The molecule has 1 fully saturated rings. The fraction of sp³-hybridized carbons (Fsp3) is 0.562. The molecule has 2 rings (SSSR count). The molecule has 128 valence electrons. The lowest BCUT2D eigenvalue weighted by Gasteiger charge is -2.35. The number of nitrogens with two attached hydrogens (primary N) is 1. The van der Waals surface area contributed by atoms with Gasteiger partial charge >= 0.3 is 0 Å². The van der Waals surface area contributed by atoms with Gasteiger partial charge < -0.3 is 15.4 Å². The number of nitrogens with zero attached hydrogens (tertiary/aromatic N) is 2. The first kappa shape index (κ1) is 18.1. The van der Waals surface area contributed by atoms with Crippen LogP contribution in [0.4, 0.5) is 4.39 Å². The third-order valence-corrected chi connectivity index (χ3v) is 4.52. The number of carbonyl (C=O) groups is 1. The predicted molar refractivity (Wildman–Crippen MR) is 87.7 cm³/mol. The monoisotopic (exact) mass is 343 g/mol. The van der Waals surface area contributed by atoms with Crippen molar-refractivity contribution >= 4 is 17.5 Å². The first-order valence-electron chi connectivity index (χ1n) is 7.71. The van der Waals surface area contributed by atoms with E-state index in [1.807, 2.05) is 0 Å². The SMILES string of the molecule is COC(CN)CC(=O)N1CCN(Cc2c(F)cccc2Cl)CC1. The highest BCUT2D eigenvalue weighted by Crippen LogP contribution is 2.21. The first-order valence-corrected chi connectivity index (χ1v) is 8.08. The molecule has 2 N–H and O–H groups in total. The van der Waals surface area contributed by atoms with Crippen molar-refractivity contribution in [1.29, 1.82) is 0 Å². The van der Waals surface area contributed by atoms with Crippen molar-refractivity contribution in [1.82, 2.24) is 9.80 Å². The number of methoxy groups -OCH3 is 1. The number of amides is 1. The van der Waals surface area contributed by atoms with Gasteiger partial charge in [-0.05, 0) is 12.1 Å². The Morgan fingerprint density at radius 1 is 1.39 bits per heavy atom. The molecule has 0 bridgehead atoms. The van der Waals surface area contributed by atoms with Gasteiger partial charge in [0.25, 0.3) is 0 Å². The third-order valence-electron chi connectivity index (χ3n) is 4.17. The molecule has 0 radical (unpaired) electrons. The maximum atomic E-state index is 13.8. The van der Waals surface area contributed by atoms with Gasteiger partial charge in [0, 0.05) is 57.0 Å². The summed E-state index contributed by atoms with van der Waals surface area (Å²) < 4.78 is 19.0. The molecule has 1 unspecified atom stereocenters. The van der Waals surface area contributed by atoms with Crippen molar-refractivity contribution in [2.45, 2.75) is 19.1 Å². The smallest absolute Gasteiger partial charge is 0.225 e. The van der Waals surface area contributed by atoms with Crippen LogP contribution >= 0.6 is 11.6 Å². The molecule has 1 amide bonds. The molecule has 0 spiro atoms. The molecule has 7 heteroatoms. The highest BCUT2D eigenvalue weighted by Gasteiger charge is 2.24. The van der Waals surface area contributed by atoms with Crippen molar-refractivity contribution in [3.63, 3.8) is 0 Å². The van der Waals surface area contributed by atoms with Gasteiger partial charge in [-0.15, -0.1) is 0 Å². The topological polar surface area (TPSA) is 58.8 Å². The number of carbonyl (C=O) groups excluding carboxylic acids is 1. The van der Waals surface area contributed by atoms with Gasteiger partial charge in [0.05, 0.1) is 12.5 Å². The summed E-state index contributed by atoms with van der Waals surface area (Å²) >= 11 is 6.06. The Balaban J connectivity index is 1.85. The van der Waals surface area contributed by atoms with E-state index in [2.05, 4.69) is 4.90 Å². The number of halogens is 2. The van der Waals surface area contributed by atoms with Crippen LogP contribution in [0.5, 0.6) is 0 Å². The second kappa shape index (κ2) is 8.59. The number of hydrogen-bond donors (Lipinski definition) is 1. The number of piperazine rings is 1. The summed E-state index contributed by atoms with van der Waals surface area (Å²) in [6, 6.07) is 4.71. The molecule has 1 saturated heterocycles. The average Bonchev–Trinajstić information content (AvgIpc) is 2.56. The molecule has 1 aliphatic heterocycles. The Labute approximate surface area is 141 Å². The van der Waals surface area contributed by atoms with Gasteiger partial charge in [0.2, 0.25) is 5.91 Å². The van der Waals surface area contributed by atoms with Gasteiger partial charge in [-0.3, -0.25) is 9.69 Å². The van der Waals surface area contributed by atoms with Gasteiger partial charge in [0.15, 0.2) is 0 Å². The molecular weight excluding hydrogens is 321 g/mol.